The Hall–Kier alpha value is -1.29. The molecule has 1 aliphatic heterocycles. The molecule has 0 bridgehead atoms. The van der Waals surface area contributed by atoms with Crippen molar-refractivity contribution >= 4 is 15.8 Å². The van der Waals surface area contributed by atoms with Gasteiger partial charge in [0.2, 0.25) is 10.0 Å². The van der Waals surface area contributed by atoms with E-state index in [-0.39, 0.29) is 11.9 Å². The maximum absolute atomic E-state index is 12.6. The minimum atomic E-state index is -3.29. The van der Waals surface area contributed by atoms with Crippen molar-refractivity contribution in [2.45, 2.75) is 24.1 Å². The highest BCUT2D eigenvalue weighted by Crippen LogP contribution is 2.36. The lowest BCUT2D eigenvalue weighted by molar-refractivity contribution is 0.0289. The predicted octanol–water partition coefficient (Wildman–Crippen LogP) is 0.400. The summed E-state index contributed by atoms with van der Waals surface area (Å²) in [5, 5.41) is 2.88. The van der Waals surface area contributed by atoms with Crippen LogP contribution in [0, 0.1) is 0 Å². The van der Waals surface area contributed by atoms with Crippen molar-refractivity contribution in [3.05, 3.63) is 18.1 Å². The molecule has 0 aromatic carbocycles. The summed E-state index contributed by atoms with van der Waals surface area (Å²) < 4.78 is 37.2. The van der Waals surface area contributed by atoms with Crippen molar-refractivity contribution in [2.75, 3.05) is 45.3 Å². The van der Waals surface area contributed by atoms with Crippen LogP contribution in [-0.2, 0) is 19.5 Å². The van der Waals surface area contributed by atoms with E-state index in [1.165, 1.54) is 4.31 Å². The molecule has 1 atom stereocenters. The maximum Gasteiger partial charge on any atom is 0.217 e. The molecule has 0 unspecified atom stereocenters. The number of methoxy groups -OCH3 is 1. The van der Waals surface area contributed by atoms with Gasteiger partial charge < -0.3 is 14.8 Å². The fraction of sp³-hybridized carbons (Fsp3) is 0.714. The van der Waals surface area contributed by atoms with E-state index in [1.807, 2.05) is 0 Å². The summed E-state index contributed by atoms with van der Waals surface area (Å²) in [6.07, 6.45) is 3.12. The Kier molecular flexibility index (Phi) is 5.10. The fourth-order valence-electron chi connectivity index (χ4n) is 2.57. The van der Waals surface area contributed by atoms with E-state index in [2.05, 4.69) is 15.3 Å². The van der Waals surface area contributed by atoms with Gasteiger partial charge in [-0.05, 0) is 18.9 Å². The Bertz CT molecular complexity index is 635. The molecule has 2 aliphatic rings. The van der Waals surface area contributed by atoms with E-state index in [1.54, 1.807) is 19.4 Å². The lowest BCUT2D eigenvalue weighted by Gasteiger charge is -2.33. The molecular formula is C14H22N4O4S. The highest BCUT2D eigenvalue weighted by Gasteiger charge is 2.45. The normalized spacial score (nSPS) is 22.9. The lowest BCUT2D eigenvalue weighted by atomic mass is 10.2. The molecule has 1 N–H and O–H groups in total. The van der Waals surface area contributed by atoms with Crippen LogP contribution < -0.4 is 5.32 Å². The number of rotatable bonds is 7. The summed E-state index contributed by atoms with van der Waals surface area (Å²) in [7, 11) is -1.65. The zero-order valence-electron chi connectivity index (χ0n) is 13.1. The molecule has 23 heavy (non-hydrogen) atoms. The number of nitrogens with zero attached hydrogens (tertiary/aromatic N) is 3. The van der Waals surface area contributed by atoms with Gasteiger partial charge >= 0.3 is 0 Å². The quantitative estimate of drug-likeness (QED) is 0.717. The van der Waals surface area contributed by atoms with Gasteiger partial charge in [-0.3, -0.25) is 0 Å². The second-order valence-corrected chi connectivity index (χ2v) is 7.83. The summed E-state index contributed by atoms with van der Waals surface area (Å²) >= 11 is 0. The third kappa shape index (κ3) is 3.79. The molecule has 0 radical (unpaired) electrons. The standard InChI is InChI=1S/C14H22N4O4S/c1-21-8-6-15-13-4-5-16-14(17-13)12-10-22-9-7-18(12)23(19,20)11-2-3-11/h4-5,11-12H,2-3,6-10H2,1H3,(H,15,16,17)/t12-/m0/s1. The lowest BCUT2D eigenvalue weighted by Crippen LogP contribution is -2.45. The largest absolute Gasteiger partial charge is 0.383 e. The number of anilines is 1. The van der Waals surface area contributed by atoms with E-state index in [0.717, 1.165) is 12.8 Å². The van der Waals surface area contributed by atoms with Crippen molar-refractivity contribution < 1.29 is 17.9 Å². The first-order valence-electron chi connectivity index (χ1n) is 7.77. The molecule has 1 aliphatic carbocycles. The second-order valence-electron chi connectivity index (χ2n) is 5.67. The summed E-state index contributed by atoms with van der Waals surface area (Å²) in [4.78, 5) is 8.71. The third-order valence-corrected chi connectivity index (χ3v) is 6.34. The Labute approximate surface area is 136 Å². The first kappa shape index (κ1) is 16.6. The van der Waals surface area contributed by atoms with E-state index in [4.69, 9.17) is 9.47 Å². The number of aromatic nitrogens is 2. The molecule has 8 nitrogen and oxygen atoms in total. The molecular weight excluding hydrogens is 320 g/mol. The van der Waals surface area contributed by atoms with E-state index in [0.29, 0.717) is 37.9 Å². The first-order valence-corrected chi connectivity index (χ1v) is 9.27. The highest BCUT2D eigenvalue weighted by atomic mass is 32.2. The highest BCUT2D eigenvalue weighted by molar-refractivity contribution is 7.90. The van der Waals surface area contributed by atoms with Gasteiger partial charge in [0.25, 0.3) is 0 Å². The SMILES string of the molecule is COCCNc1ccnc([C@@H]2COCCN2S(=O)(=O)C2CC2)n1. The van der Waals surface area contributed by atoms with Gasteiger partial charge in [-0.15, -0.1) is 0 Å². The number of hydrogen-bond donors (Lipinski definition) is 1. The molecule has 2 fully saturated rings. The molecule has 9 heteroatoms. The Morgan fingerprint density at radius 1 is 1.48 bits per heavy atom. The Morgan fingerprint density at radius 2 is 2.30 bits per heavy atom. The molecule has 1 aromatic rings. The van der Waals surface area contributed by atoms with Gasteiger partial charge in [0.15, 0.2) is 5.82 Å². The van der Waals surface area contributed by atoms with Crippen LogP contribution in [0.1, 0.15) is 24.7 Å². The summed E-state index contributed by atoms with van der Waals surface area (Å²) in [5.41, 5.74) is 0. The maximum atomic E-state index is 12.6. The van der Waals surface area contributed by atoms with Gasteiger partial charge in [0, 0.05) is 26.4 Å². The van der Waals surface area contributed by atoms with Crippen LogP contribution >= 0.6 is 0 Å². The van der Waals surface area contributed by atoms with Crippen molar-refractivity contribution in [2.24, 2.45) is 0 Å². The topological polar surface area (TPSA) is 93.6 Å². The van der Waals surface area contributed by atoms with Crippen molar-refractivity contribution in [1.82, 2.24) is 14.3 Å². The Balaban J connectivity index is 1.79. The smallest absolute Gasteiger partial charge is 0.217 e. The molecule has 1 saturated heterocycles. The zero-order valence-corrected chi connectivity index (χ0v) is 14.0. The van der Waals surface area contributed by atoms with Crippen LogP contribution in [0.2, 0.25) is 0 Å². The van der Waals surface area contributed by atoms with E-state index in [9.17, 15) is 8.42 Å². The molecule has 3 rings (SSSR count). The molecule has 0 spiro atoms. The minimum absolute atomic E-state index is 0.244. The molecule has 1 aromatic heterocycles. The van der Waals surface area contributed by atoms with E-state index >= 15 is 0 Å². The van der Waals surface area contributed by atoms with E-state index < -0.39 is 16.1 Å². The fourth-order valence-corrected chi connectivity index (χ4v) is 4.52. The number of sulfonamides is 1. The van der Waals surface area contributed by atoms with Gasteiger partial charge in [-0.25, -0.2) is 18.4 Å². The van der Waals surface area contributed by atoms with Crippen LogP contribution in [0.4, 0.5) is 5.82 Å². The first-order chi connectivity index (χ1) is 11.1. The minimum Gasteiger partial charge on any atom is -0.383 e. The van der Waals surface area contributed by atoms with Gasteiger partial charge in [0.1, 0.15) is 11.9 Å². The zero-order chi connectivity index (χ0) is 16.3. The molecule has 128 valence electrons. The third-order valence-electron chi connectivity index (χ3n) is 3.94. The number of hydrogen-bond acceptors (Lipinski definition) is 7. The molecule has 1 saturated carbocycles. The van der Waals surface area contributed by atoms with Crippen molar-refractivity contribution in [1.29, 1.82) is 0 Å². The second kappa shape index (κ2) is 7.08. The number of ether oxygens (including phenoxy) is 2. The molecule has 0 amide bonds. The average Bonchev–Trinajstić information content (AvgIpc) is 3.41. The summed E-state index contributed by atoms with van der Waals surface area (Å²) in [5.74, 6) is 1.12. The number of morpholine rings is 1. The Morgan fingerprint density at radius 3 is 3.04 bits per heavy atom. The van der Waals surface area contributed by atoms with Crippen molar-refractivity contribution in [3.8, 4) is 0 Å². The van der Waals surface area contributed by atoms with Crippen molar-refractivity contribution in [3.63, 3.8) is 0 Å². The van der Waals surface area contributed by atoms with Gasteiger partial charge in [0.05, 0.1) is 25.1 Å². The van der Waals surface area contributed by atoms with Gasteiger partial charge in [-0.2, -0.15) is 4.31 Å². The molecule has 2 heterocycles. The van der Waals surface area contributed by atoms with Crippen LogP contribution in [0.25, 0.3) is 0 Å². The van der Waals surface area contributed by atoms with Crippen LogP contribution in [0.5, 0.6) is 0 Å². The number of nitrogens with one attached hydrogen (secondary N) is 1. The van der Waals surface area contributed by atoms with Crippen LogP contribution in [0.3, 0.4) is 0 Å². The van der Waals surface area contributed by atoms with Gasteiger partial charge in [-0.1, -0.05) is 0 Å². The summed E-state index contributed by atoms with van der Waals surface area (Å²) in [6, 6.07) is 1.29. The summed E-state index contributed by atoms with van der Waals surface area (Å²) in [6.45, 7) is 2.24. The average molecular weight is 342 g/mol. The van der Waals surface area contributed by atoms with Crippen LogP contribution in [-0.4, -0.2) is 68.0 Å². The van der Waals surface area contributed by atoms with Crippen LogP contribution in [0.15, 0.2) is 12.3 Å². The predicted molar refractivity (Wildman–Crippen MR) is 84.6 cm³/mol. The monoisotopic (exact) mass is 342 g/mol.